The van der Waals surface area contributed by atoms with Crippen molar-refractivity contribution >= 4 is 99.4 Å². The Balaban J connectivity index is 1.62. The number of sulfonamides is 2. The third-order valence-electron chi connectivity index (χ3n) is 5.59. The minimum absolute atomic E-state index is 0.0248. The molecule has 43 heavy (non-hydrogen) atoms. The van der Waals surface area contributed by atoms with Crippen molar-refractivity contribution in [1.29, 1.82) is 0 Å². The maximum atomic E-state index is 13.3. The van der Waals surface area contributed by atoms with Crippen molar-refractivity contribution in [2.45, 2.75) is 32.7 Å². The van der Waals surface area contributed by atoms with Crippen LogP contribution in [0.3, 0.4) is 0 Å². The number of rotatable bonds is 9. The molecule has 0 aliphatic heterocycles. The molecule has 0 bridgehead atoms. The van der Waals surface area contributed by atoms with E-state index in [1.165, 1.54) is 42.5 Å². The first-order chi connectivity index (χ1) is 20.0. The first-order valence-corrected chi connectivity index (χ1v) is 18.2. The molecule has 228 valence electrons. The Morgan fingerprint density at radius 1 is 0.628 bits per heavy atom. The van der Waals surface area contributed by atoms with Gasteiger partial charge in [0.2, 0.25) is 0 Å². The maximum Gasteiger partial charge on any atom is 0.417 e. The Kier molecular flexibility index (Phi) is 10.4. The molecule has 0 aliphatic rings. The van der Waals surface area contributed by atoms with Gasteiger partial charge in [0, 0.05) is 24.9 Å². The molecule has 4 aromatic carbocycles. The molecular weight excluding hydrogens is 731 g/mol. The van der Waals surface area contributed by atoms with E-state index in [0.29, 0.717) is 26.4 Å². The number of hydrogen-bond donors (Lipinski definition) is 2. The summed E-state index contributed by atoms with van der Waals surface area (Å²) in [6.07, 6.45) is -4.87. The summed E-state index contributed by atoms with van der Waals surface area (Å²) in [5.74, 6) is 0. The van der Waals surface area contributed by atoms with E-state index in [2.05, 4.69) is 9.44 Å². The highest BCUT2D eigenvalue weighted by Gasteiger charge is 2.34. The summed E-state index contributed by atoms with van der Waals surface area (Å²) in [4.78, 5) is 0.0443. The quantitative estimate of drug-likeness (QED) is 0.166. The zero-order chi connectivity index (χ0) is 31.7. The highest BCUT2D eigenvalue weighted by molar-refractivity contribution is 8.76. The van der Waals surface area contributed by atoms with Gasteiger partial charge in [-0.2, -0.15) is 13.2 Å². The third-order valence-corrected chi connectivity index (χ3v) is 12.0. The molecule has 0 fully saturated rings. The first kappa shape index (κ1) is 33.9. The van der Waals surface area contributed by atoms with E-state index in [-0.39, 0.29) is 26.3 Å². The van der Waals surface area contributed by atoms with Gasteiger partial charge in [-0.15, -0.1) is 0 Å². The average Bonchev–Trinajstić information content (AvgIpc) is 2.89. The number of hydrogen-bond acceptors (Lipinski definition) is 6. The summed E-state index contributed by atoms with van der Waals surface area (Å²) >= 11 is 23.9. The van der Waals surface area contributed by atoms with Gasteiger partial charge in [0.15, 0.2) is 0 Å². The molecule has 0 saturated carbocycles. The van der Waals surface area contributed by atoms with Crippen molar-refractivity contribution in [2.75, 3.05) is 9.44 Å². The molecule has 0 aromatic heterocycles. The van der Waals surface area contributed by atoms with Crippen LogP contribution in [0.25, 0.3) is 0 Å². The predicted octanol–water partition coefficient (Wildman–Crippen LogP) is 10.0. The average molecular weight is 749 g/mol. The maximum absolute atomic E-state index is 13.3. The Bertz CT molecular complexity index is 1930. The van der Waals surface area contributed by atoms with E-state index in [1.807, 2.05) is 0 Å². The van der Waals surface area contributed by atoms with Crippen LogP contribution in [0.15, 0.2) is 92.4 Å². The molecule has 4 rings (SSSR count). The second kappa shape index (κ2) is 13.2. The van der Waals surface area contributed by atoms with Gasteiger partial charge in [0.25, 0.3) is 20.0 Å². The van der Waals surface area contributed by atoms with Crippen molar-refractivity contribution < 1.29 is 30.0 Å². The molecule has 0 unspecified atom stereocenters. The SMILES string of the molecule is Cc1cc(S(=O)(=O)Nc2cc(Cl)ccc2SSc2ccc(Cl)cc2NS(=O)(=O)c2ccc(Cl)c(C(F)(F)F)c2)ccc1Cl. The molecule has 4 aromatic rings. The molecular formula is C26H17Cl4F3N2O4S4. The normalized spacial score (nSPS) is 12.3. The van der Waals surface area contributed by atoms with Gasteiger partial charge in [-0.25, -0.2) is 16.8 Å². The van der Waals surface area contributed by atoms with Gasteiger partial charge in [0.05, 0.1) is 31.8 Å². The predicted molar refractivity (Wildman–Crippen MR) is 169 cm³/mol. The lowest BCUT2D eigenvalue weighted by Gasteiger charge is -2.16. The highest BCUT2D eigenvalue weighted by atomic mass is 35.5. The minimum atomic E-state index is -4.87. The molecule has 0 saturated heterocycles. The van der Waals surface area contributed by atoms with Crippen LogP contribution in [0.4, 0.5) is 24.5 Å². The number of alkyl halides is 3. The number of nitrogens with one attached hydrogen (secondary N) is 2. The Hall–Kier alpha value is -1.97. The number of aryl methyl sites for hydroxylation is 1. The highest BCUT2D eigenvalue weighted by Crippen LogP contribution is 2.46. The van der Waals surface area contributed by atoms with Crippen LogP contribution in [0.5, 0.6) is 0 Å². The van der Waals surface area contributed by atoms with Crippen molar-refractivity contribution in [3.8, 4) is 0 Å². The molecule has 0 heterocycles. The van der Waals surface area contributed by atoms with Crippen LogP contribution in [0.1, 0.15) is 11.1 Å². The minimum Gasteiger partial charge on any atom is -0.278 e. The van der Waals surface area contributed by atoms with Gasteiger partial charge >= 0.3 is 6.18 Å². The largest absolute Gasteiger partial charge is 0.417 e. The second-order valence-electron chi connectivity index (χ2n) is 8.71. The van der Waals surface area contributed by atoms with E-state index in [9.17, 15) is 30.0 Å². The van der Waals surface area contributed by atoms with Crippen LogP contribution in [-0.4, -0.2) is 16.8 Å². The second-order valence-corrected chi connectivity index (χ2v) is 16.0. The summed E-state index contributed by atoms with van der Waals surface area (Å²) in [6, 6.07) is 15.3. The summed E-state index contributed by atoms with van der Waals surface area (Å²) in [5.41, 5.74) is -0.623. The fourth-order valence-corrected chi connectivity index (χ4v) is 8.78. The van der Waals surface area contributed by atoms with E-state index in [0.717, 1.165) is 33.7 Å². The van der Waals surface area contributed by atoms with Gasteiger partial charge in [-0.1, -0.05) is 68.0 Å². The first-order valence-electron chi connectivity index (χ1n) is 11.6. The van der Waals surface area contributed by atoms with E-state index >= 15 is 0 Å². The lowest BCUT2D eigenvalue weighted by atomic mass is 10.2. The third kappa shape index (κ3) is 8.40. The monoisotopic (exact) mass is 746 g/mol. The lowest BCUT2D eigenvalue weighted by molar-refractivity contribution is -0.137. The molecule has 17 heteroatoms. The fraction of sp³-hybridized carbons (Fsp3) is 0.0769. The van der Waals surface area contributed by atoms with E-state index < -0.39 is 41.7 Å². The van der Waals surface area contributed by atoms with Gasteiger partial charge < -0.3 is 0 Å². The van der Waals surface area contributed by atoms with E-state index in [4.69, 9.17) is 46.4 Å². The molecule has 0 radical (unpaired) electrons. The number of halogens is 7. The van der Waals surface area contributed by atoms with Gasteiger partial charge in [-0.05, 0) is 85.3 Å². The lowest BCUT2D eigenvalue weighted by Crippen LogP contribution is -2.15. The van der Waals surface area contributed by atoms with Crippen molar-refractivity contribution in [1.82, 2.24) is 0 Å². The molecule has 6 nitrogen and oxygen atoms in total. The fourth-order valence-electron chi connectivity index (χ4n) is 3.48. The number of benzene rings is 4. The Morgan fingerprint density at radius 2 is 1.07 bits per heavy atom. The molecule has 0 aliphatic carbocycles. The molecule has 0 spiro atoms. The molecule has 2 N–H and O–H groups in total. The Morgan fingerprint density at radius 3 is 1.51 bits per heavy atom. The van der Waals surface area contributed by atoms with Crippen LogP contribution in [0.2, 0.25) is 20.1 Å². The Labute approximate surface area is 273 Å². The summed E-state index contributed by atoms with van der Waals surface area (Å²) in [6.45, 7) is 1.67. The zero-order valence-corrected chi connectivity index (χ0v) is 27.6. The van der Waals surface area contributed by atoms with Crippen molar-refractivity contribution in [3.63, 3.8) is 0 Å². The van der Waals surface area contributed by atoms with Gasteiger partial charge in [0.1, 0.15) is 0 Å². The van der Waals surface area contributed by atoms with E-state index in [1.54, 1.807) is 19.1 Å². The van der Waals surface area contributed by atoms with Crippen molar-refractivity contribution in [3.05, 3.63) is 104 Å². The molecule has 0 amide bonds. The summed E-state index contributed by atoms with van der Waals surface area (Å²) in [7, 11) is -6.47. The topological polar surface area (TPSA) is 92.3 Å². The smallest absolute Gasteiger partial charge is 0.278 e. The van der Waals surface area contributed by atoms with Crippen LogP contribution in [0, 0.1) is 6.92 Å². The van der Waals surface area contributed by atoms with Crippen LogP contribution < -0.4 is 9.44 Å². The molecule has 0 atom stereocenters. The van der Waals surface area contributed by atoms with Gasteiger partial charge in [-0.3, -0.25) is 9.44 Å². The standard InChI is InChI=1S/C26H17Cl4F3N2O4S4/c1-14-10-17(4-6-20(14)29)42(36,37)34-22-11-15(27)2-8-24(22)40-41-25-9-3-16(28)12-23(25)35-43(38,39)18-5-7-21(30)19(13-18)26(31,32)33/h2-13,34-35H,1H3. The van der Waals surface area contributed by atoms with Crippen molar-refractivity contribution in [2.24, 2.45) is 0 Å². The zero-order valence-electron chi connectivity index (χ0n) is 21.3. The summed E-state index contributed by atoms with van der Waals surface area (Å²) in [5, 5.41) is 0.154. The van der Waals surface area contributed by atoms with Crippen LogP contribution in [-0.2, 0) is 26.2 Å². The summed E-state index contributed by atoms with van der Waals surface area (Å²) < 4.78 is 97.2. The number of anilines is 2. The van der Waals surface area contributed by atoms with Crippen LogP contribution >= 0.6 is 68.0 Å².